The van der Waals surface area contributed by atoms with E-state index in [1.807, 2.05) is 18.2 Å². The molecule has 3 nitrogen and oxygen atoms in total. The van der Waals surface area contributed by atoms with Crippen LogP contribution < -0.4 is 4.74 Å². The van der Waals surface area contributed by atoms with Gasteiger partial charge >= 0.3 is 0 Å². The summed E-state index contributed by atoms with van der Waals surface area (Å²) in [6.07, 6.45) is 0. The Morgan fingerprint density at radius 1 is 1.00 bits per heavy atom. The summed E-state index contributed by atoms with van der Waals surface area (Å²) >= 11 is 0. The monoisotopic (exact) mass is 309 g/mol. The van der Waals surface area contributed by atoms with Gasteiger partial charge in [0, 0.05) is 21.7 Å². The molecule has 5 heteroatoms. The Hall–Kier alpha value is -1.20. The Balaban J connectivity index is 2.05. The summed E-state index contributed by atoms with van der Waals surface area (Å²) in [5.41, 5.74) is 0. The van der Waals surface area contributed by atoms with Gasteiger partial charge < -0.3 is 4.74 Å². The highest BCUT2D eigenvalue weighted by atomic mass is 32.2. The first-order valence-corrected chi connectivity index (χ1v) is 9.93. The SMILES string of the molecule is COc1ccc([S+]2CCS(=O)(=O)CC2)c2ccccc12. The Bertz CT molecular complexity index is 724. The molecule has 0 unspecified atom stereocenters. The molecule has 20 heavy (non-hydrogen) atoms. The molecule has 1 aliphatic rings. The van der Waals surface area contributed by atoms with E-state index in [4.69, 9.17) is 4.74 Å². The van der Waals surface area contributed by atoms with Gasteiger partial charge in [-0.05, 0) is 18.2 Å². The summed E-state index contributed by atoms with van der Waals surface area (Å²) in [6, 6.07) is 12.3. The number of hydrogen-bond acceptors (Lipinski definition) is 3. The second-order valence-electron chi connectivity index (χ2n) is 4.86. The average Bonchev–Trinajstić information content (AvgIpc) is 2.46. The van der Waals surface area contributed by atoms with Gasteiger partial charge in [0.05, 0.1) is 18.6 Å². The van der Waals surface area contributed by atoms with Crippen LogP contribution in [0.25, 0.3) is 10.8 Å². The minimum atomic E-state index is -2.81. The quantitative estimate of drug-likeness (QED) is 0.799. The van der Waals surface area contributed by atoms with Crippen LogP contribution in [0.1, 0.15) is 0 Å². The van der Waals surface area contributed by atoms with Gasteiger partial charge in [0.1, 0.15) is 17.3 Å². The lowest BCUT2D eigenvalue weighted by molar-refractivity contribution is 0.419. The zero-order chi connectivity index (χ0) is 14.2. The summed E-state index contributed by atoms with van der Waals surface area (Å²) < 4.78 is 28.6. The fourth-order valence-corrected chi connectivity index (χ4v) is 7.79. The van der Waals surface area contributed by atoms with Crippen molar-refractivity contribution < 1.29 is 13.2 Å². The maximum absolute atomic E-state index is 11.6. The van der Waals surface area contributed by atoms with Crippen molar-refractivity contribution in [3.05, 3.63) is 36.4 Å². The minimum Gasteiger partial charge on any atom is -0.496 e. The maximum atomic E-state index is 11.6. The Kier molecular flexibility index (Phi) is 3.65. The third kappa shape index (κ3) is 2.52. The van der Waals surface area contributed by atoms with Gasteiger partial charge in [-0.25, -0.2) is 8.42 Å². The molecule has 0 N–H and O–H groups in total. The predicted molar refractivity (Wildman–Crippen MR) is 84.5 cm³/mol. The molecule has 0 radical (unpaired) electrons. The van der Waals surface area contributed by atoms with Gasteiger partial charge in [-0.3, -0.25) is 0 Å². The standard InChI is InChI=1S/C15H17O3S2/c1-18-14-6-7-15(13-5-3-2-4-12(13)14)19-8-10-20(16,17)11-9-19/h2-7H,8-11H2,1H3/q+1. The molecule has 2 aromatic carbocycles. The molecule has 1 fully saturated rings. The zero-order valence-corrected chi connectivity index (χ0v) is 13.0. The first-order valence-electron chi connectivity index (χ1n) is 6.54. The lowest BCUT2D eigenvalue weighted by Gasteiger charge is -2.16. The molecule has 0 aliphatic carbocycles. The topological polar surface area (TPSA) is 43.4 Å². The molecular weight excluding hydrogens is 292 g/mol. The summed E-state index contributed by atoms with van der Waals surface area (Å²) in [5, 5.41) is 2.29. The molecule has 0 bridgehead atoms. The van der Waals surface area contributed by atoms with Crippen LogP contribution in [0.4, 0.5) is 0 Å². The fourth-order valence-electron chi connectivity index (χ4n) is 2.55. The molecule has 1 heterocycles. The first-order chi connectivity index (χ1) is 9.61. The van der Waals surface area contributed by atoms with E-state index in [2.05, 4.69) is 18.2 Å². The highest BCUT2D eigenvalue weighted by molar-refractivity contribution is 8.01. The van der Waals surface area contributed by atoms with Gasteiger partial charge in [0.2, 0.25) is 0 Å². The number of ether oxygens (including phenoxy) is 1. The summed E-state index contributed by atoms with van der Waals surface area (Å²) in [7, 11) is -1.10. The van der Waals surface area contributed by atoms with Crippen molar-refractivity contribution in [1.82, 2.24) is 0 Å². The summed E-state index contributed by atoms with van der Waals surface area (Å²) in [5.74, 6) is 3.00. The van der Waals surface area contributed by atoms with Gasteiger partial charge in [-0.15, -0.1) is 0 Å². The van der Waals surface area contributed by atoms with Crippen LogP contribution in [0.5, 0.6) is 5.75 Å². The Morgan fingerprint density at radius 3 is 2.30 bits per heavy atom. The van der Waals surface area contributed by atoms with E-state index in [1.54, 1.807) is 7.11 Å². The van der Waals surface area contributed by atoms with Crippen molar-refractivity contribution in [3.63, 3.8) is 0 Å². The largest absolute Gasteiger partial charge is 0.496 e. The number of benzene rings is 2. The van der Waals surface area contributed by atoms with Crippen LogP contribution in [0, 0.1) is 0 Å². The second kappa shape index (κ2) is 5.30. The molecular formula is C15H17O3S2+. The van der Waals surface area contributed by atoms with E-state index < -0.39 is 9.84 Å². The average molecular weight is 309 g/mol. The van der Waals surface area contributed by atoms with Crippen molar-refractivity contribution >= 4 is 31.5 Å². The van der Waals surface area contributed by atoms with Crippen LogP contribution in [-0.4, -0.2) is 38.5 Å². The molecule has 106 valence electrons. The summed E-state index contributed by atoms with van der Waals surface area (Å²) in [4.78, 5) is 1.27. The molecule has 0 atom stereocenters. The van der Waals surface area contributed by atoms with Crippen LogP contribution in [0.3, 0.4) is 0 Å². The van der Waals surface area contributed by atoms with Crippen molar-refractivity contribution in [2.24, 2.45) is 0 Å². The molecule has 1 aliphatic heterocycles. The molecule has 0 spiro atoms. The smallest absolute Gasteiger partial charge is 0.163 e. The van der Waals surface area contributed by atoms with Gasteiger partial charge in [0.15, 0.2) is 14.7 Å². The van der Waals surface area contributed by atoms with Crippen LogP contribution in [0.15, 0.2) is 41.3 Å². The lowest BCUT2D eigenvalue weighted by Crippen LogP contribution is -2.32. The highest BCUT2D eigenvalue weighted by Crippen LogP contribution is 2.33. The third-order valence-electron chi connectivity index (χ3n) is 3.66. The van der Waals surface area contributed by atoms with E-state index in [-0.39, 0.29) is 10.9 Å². The highest BCUT2D eigenvalue weighted by Gasteiger charge is 2.33. The van der Waals surface area contributed by atoms with Gasteiger partial charge in [0.25, 0.3) is 0 Å². The molecule has 3 rings (SSSR count). The van der Waals surface area contributed by atoms with E-state index in [1.165, 1.54) is 10.3 Å². The second-order valence-corrected chi connectivity index (χ2v) is 9.41. The van der Waals surface area contributed by atoms with E-state index in [9.17, 15) is 8.42 Å². The third-order valence-corrected chi connectivity index (χ3v) is 8.20. The van der Waals surface area contributed by atoms with Crippen molar-refractivity contribution in [3.8, 4) is 5.75 Å². The fraction of sp³-hybridized carbons (Fsp3) is 0.333. The van der Waals surface area contributed by atoms with Crippen molar-refractivity contribution in [1.29, 1.82) is 0 Å². The van der Waals surface area contributed by atoms with Crippen LogP contribution in [-0.2, 0) is 20.7 Å². The normalized spacial score (nSPS) is 19.1. The molecule has 0 saturated carbocycles. The van der Waals surface area contributed by atoms with Gasteiger partial charge in [-0.1, -0.05) is 18.2 Å². The lowest BCUT2D eigenvalue weighted by atomic mass is 10.1. The zero-order valence-electron chi connectivity index (χ0n) is 11.3. The number of rotatable bonds is 2. The van der Waals surface area contributed by atoms with E-state index in [0.29, 0.717) is 11.5 Å². The first kappa shape index (κ1) is 13.8. The Morgan fingerprint density at radius 2 is 1.65 bits per heavy atom. The van der Waals surface area contributed by atoms with Crippen LogP contribution >= 0.6 is 0 Å². The molecule has 1 saturated heterocycles. The van der Waals surface area contributed by atoms with E-state index in [0.717, 1.165) is 22.6 Å². The maximum Gasteiger partial charge on any atom is 0.163 e. The number of methoxy groups -OCH3 is 1. The molecule has 0 amide bonds. The number of hydrogen-bond donors (Lipinski definition) is 0. The molecule has 2 aromatic rings. The predicted octanol–water partition coefficient (Wildman–Crippen LogP) is 2.25. The summed E-state index contributed by atoms with van der Waals surface area (Å²) in [6.45, 7) is 0. The minimum absolute atomic E-state index is 0.0258. The Labute approximate surface area is 122 Å². The van der Waals surface area contributed by atoms with Gasteiger partial charge in [-0.2, -0.15) is 0 Å². The number of sulfone groups is 1. The van der Waals surface area contributed by atoms with Crippen molar-refractivity contribution in [2.45, 2.75) is 4.90 Å². The van der Waals surface area contributed by atoms with E-state index >= 15 is 0 Å². The van der Waals surface area contributed by atoms with Crippen molar-refractivity contribution in [2.75, 3.05) is 30.1 Å². The molecule has 0 aromatic heterocycles. The van der Waals surface area contributed by atoms with Crippen LogP contribution in [0.2, 0.25) is 0 Å². The number of fused-ring (bicyclic) bond motifs is 1.